The summed E-state index contributed by atoms with van der Waals surface area (Å²) in [6, 6.07) is 12.5. The third kappa shape index (κ3) is 2.90. The maximum absolute atomic E-state index is 6.24. The van der Waals surface area contributed by atoms with Crippen LogP contribution in [-0.4, -0.2) is 27.3 Å². The minimum atomic E-state index is 0.164. The zero-order valence-corrected chi connectivity index (χ0v) is 14.4. The van der Waals surface area contributed by atoms with Gasteiger partial charge in [-0.2, -0.15) is 0 Å². The smallest absolute Gasteiger partial charge is 0.269 e. The maximum Gasteiger partial charge on any atom is 0.269 e. The number of methoxy groups -OCH3 is 1. The molecule has 0 fully saturated rings. The second kappa shape index (κ2) is 6.31. The van der Waals surface area contributed by atoms with Crippen LogP contribution in [0.1, 0.15) is 0 Å². The molecule has 25 heavy (non-hydrogen) atoms. The fraction of sp³-hybridized carbons (Fsp3) is 0.0588. The Labute approximate surface area is 152 Å². The molecule has 0 saturated heterocycles. The van der Waals surface area contributed by atoms with Crippen LogP contribution in [0.5, 0.6) is 5.75 Å². The van der Waals surface area contributed by atoms with Crippen molar-refractivity contribution >= 4 is 34.2 Å². The molecule has 2 aromatic carbocycles. The van der Waals surface area contributed by atoms with Crippen molar-refractivity contribution in [2.24, 2.45) is 0 Å². The number of hydrogen-bond acceptors (Lipinski definition) is 6. The fourth-order valence-electron chi connectivity index (χ4n) is 2.34. The molecule has 0 radical (unpaired) electrons. The van der Waals surface area contributed by atoms with E-state index >= 15 is 0 Å². The van der Waals surface area contributed by atoms with Gasteiger partial charge < -0.3 is 9.15 Å². The van der Waals surface area contributed by atoms with Gasteiger partial charge in [-0.15, -0.1) is 10.2 Å². The summed E-state index contributed by atoms with van der Waals surface area (Å²) in [6.07, 6.45) is 0. The second-order valence-corrected chi connectivity index (χ2v) is 5.88. The Balaban J connectivity index is 1.82. The molecule has 0 N–H and O–H groups in total. The number of ether oxygens (including phenoxy) is 1. The predicted molar refractivity (Wildman–Crippen MR) is 94.8 cm³/mol. The molecule has 4 aromatic rings. The van der Waals surface area contributed by atoms with Crippen LogP contribution in [0.3, 0.4) is 0 Å². The largest absolute Gasteiger partial charge is 0.497 e. The third-order valence-corrected chi connectivity index (χ3v) is 4.15. The standard InChI is InChI=1S/C17H10Cl2N4O2/c1-24-9-6-7-12-13(8-9)20-14(15(19)21-12)17-23-22-16(25-17)10-4-2-3-5-11(10)18/h2-8H,1H3. The number of rotatable bonds is 3. The van der Waals surface area contributed by atoms with Crippen molar-refractivity contribution in [3.63, 3.8) is 0 Å². The van der Waals surface area contributed by atoms with Crippen LogP contribution in [0.4, 0.5) is 0 Å². The second-order valence-electron chi connectivity index (χ2n) is 5.11. The van der Waals surface area contributed by atoms with Gasteiger partial charge in [-0.3, -0.25) is 0 Å². The highest BCUT2D eigenvalue weighted by Crippen LogP contribution is 2.31. The molecule has 0 bridgehead atoms. The van der Waals surface area contributed by atoms with Crippen molar-refractivity contribution in [3.05, 3.63) is 52.6 Å². The summed E-state index contributed by atoms with van der Waals surface area (Å²) < 4.78 is 10.9. The lowest BCUT2D eigenvalue weighted by Crippen LogP contribution is -1.92. The summed E-state index contributed by atoms with van der Waals surface area (Å²) in [5, 5.41) is 8.73. The first-order chi connectivity index (χ1) is 12.2. The van der Waals surface area contributed by atoms with E-state index in [1.807, 2.05) is 12.1 Å². The Morgan fingerprint density at radius 1 is 0.920 bits per heavy atom. The van der Waals surface area contributed by atoms with Gasteiger partial charge in [0.1, 0.15) is 5.75 Å². The minimum absolute atomic E-state index is 0.164. The zero-order chi connectivity index (χ0) is 17.4. The molecule has 2 heterocycles. The quantitative estimate of drug-likeness (QED) is 0.520. The van der Waals surface area contributed by atoms with Gasteiger partial charge in [0.15, 0.2) is 10.8 Å². The van der Waals surface area contributed by atoms with Gasteiger partial charge in [-0.25, -0.2) is 9.97 Å². The number of hydrogen-bond donors (Lipinski definition) is 0. The van der Waals surface area contributed by atoms with Crippen molar-refractivity contribution in [2.45, 2.75) is 0 Å². The Bertz CT molecular complexity index is 1080. The van der Waals surface area contributed by atoms with Gasteiger partial charge in [-0.05, 0) is 24.3 Å². The van der Waals surface area contributed by atoms with Crippen molar-refractivity contribution in [1.29, 1.82) is 0 Å². The van der Waals surface area contributed by atoms with Gasteiger partial charge in [-0.1, -0.05) is 35.3 Å². The van der Waals surface area contributed by atoms with Crippen molar-refractivity contribution < 1.29 is 9.15 Å². The van der Waals surface area contributed by atoms with Crippen LogP contribution in [0, 0.1) is 0 Å². The lowest BCUT2D eigenvalue weighted by Gasteiger charge is -2.04. The van der Waals surface area contributed by atoms with E-state index in [0.717, 1.165) is 0 Å². The van der Waals surface area contributed by atoms with Crippen LogP contribution in [0.15, 0.2) is 46.9 Å². The summed E-state index contributed by atoms with van der Waals surface area (Å²) >= 11 is 12.4. The first kappa shape index (κ1) is 15.8. The minimum Gasteiger partial charge on any atom is -0.497 e. The van der Waals surface area contributed by atoms with Crippen LogP contribution >= 0.6 is 23.2 Å². The average Bonchev–Trinajstić information content (AvgIpc) is 3.10. The molecule has 0 aliphatic heterocycles. The Kier molecular flexibility index (Phi) is 3.99. The van der Waals surface area contributed by atoms with Crippen LogP contribution in [0.25, 0.3) is 34.1 Å². The Hall–Kier alpha value is -2.70. The average molecular weight is 373 g/mol. The highest BCUT2D eigenvalue weighted by atomic mass is 35.5. The van der Waals surface area contributed by atoms with Crippen LogP contribution < -0.4 is 4.74 Å². The molecule has 0 atom stereocenters. The normalized spacial score (nSPS) is 11.0. The van der Waals surface area contributed by atoms with Crippen molar-refractivity contribution in [3.8, 4) is 28.8 Å². The first-order valence-corrected chi connectivity index (χ1v) is 8.01. The molecule has 124 valence electrons. The van der Waals surface area contributed by atoms with E-state index in [1.165, 1.54) is 0 Å². The highest BCUT2D eigenvalue weighted by molar-refractivity contribution is 6.33. The number of aromatic nitrogens is 4. The molecule has 0 spiro atoms. The van der Waals surface area contributed by atoms with E-state index in [4.69, 9.17) is 32.4 Å². The SMILES string of the molecule is COc1ccc2nc(Cl)c(-c3nnc(-c4ccccc4Cl)o3)nc2c1. The van der Waals surface area contributed by atoms with E-state index in [0.29, 0.717) is 33.1 Å². The van der Waals surface area contributed by atoms with E-state index in [9.17, 15) is 0 Å². The summed E-state index contributed by atoms with van der Waals surface area (Å²) in [5.74, 6) is 1.11. The number of nitrogens with zero attached hydrogens (tertiary/aromatic N) is 4. The molecular weight excluding hydrogens is 363 g/mol. The molecule has 2 aromatic heterocycles. The van der Waals surface area contributed by atoms with Crippen LogP contribution in [0.2, 0.25) is 10.2 Å². The van der Waals surface area contributed by atoms with Gasteiger partial charge in [0.05, 0.1) is 28.7 Å². The molecule has 0 aliphatic rings. The van der Waals surface area contributed by atoms with E-state index in [2.05, 4.69) is 20.2 Å². The lowest BCUT2D eigenvalue weighted by molar-refractivity contribution is 0.415. The summed E-state index contributed by atoms with van der Waals surface area (Å²) in [4.78, 5) is 8.80. The molecule has 6 nitrogen and oxygen atoms in total. The van der Waals surface area contributed by atoms with Gasteiger partial charge in [0, 0.05) is 6.07 Å². The Morgan fingerprint density at radius 2 is 1.72 bits per heavy atom. The summed E-state index contributed by atoms with van der Waals surface area (Å²) in [6.45, 7) is 0. The van der Waals surface area contributed by atoms with Crippen molar-refractivity contribution in [1.82, 2.24) is 20.2 Å². The zero-order valence-electron chi connectivity index (χ0n) is 12.9. The van der Waals surface area contributed by atoms with Crippen molar-refractivity contribution in [2.75, 3.05) is 7.11 Å². The van der Waals surface area contributed by atoms with Crippen LogP contribution in [-0.2, 0) is 0 Å². The maximum atomic E-state index is 6.24. The molecule has 0 unspecified atom stereocenters. The number of fused-ring (bicyclic) bond motifs is 1. The molecule has 4 rings (SSSR count). The molecule has 0 aliphatic carbocycles. The van der Waals surface area contributed by atoms with E-state index < -0.39 is 0 Å². The Morgan fingerprint density at radius 3 is 2.52 bits per heavy atom. The summed E-state index contributed by atoms with van der Waals surface area (Å²) in [7, 11) is 1.58. The van der Waals surface area contributed by atoms with Gasteiger partial charge >= 0.3 is 0 Å². The predicted octanol–water partition coefficient (Wildman–Crippen LogP) is 4.66. The molecule has 8 heteroatoms. The molecular formula is C17H10Cl2N4O2. The topological polar surface area (TPSA) is 73.9 Å². The summed E-state index contributed by atoms with van der Waals surface area (Å²) in [5.41, 5.74) is 2.18. The highest BCUT2D eigenvalue weighted by Gasteiger charge is 2.18. The first-order valence-electron chi connectivity index (χ1n) is 7.26. The van der Waals surface area contributed by atoms with Gasteiger partial charge in [0.25, 0.3) is 5.89 Å². The third-order valence-electron chi connectivity index (χ3n) is 3.56. The number of benzene rings is 2. The van der Waals surface area contributed by atoms with E-state index in [-0.39, 0.29) is 16.9 Å². The number of halogens is 2. The van der Waals surface area contributed by atoms with Gasteiger partial charge in [0.2, 0.25) is 5.89 Å². The fourth-order valence-corrected chi connectivity index (χ4v) is 2.77. The lowest BCUT2D eigenvalue weighted by atomic mass is 10.2. The molecule has 0 amide bonds. The molecule has 0 saturated carbocycles. The monoisotopic (exact) mass is 372 g/mol. The van der Waals surface area contributed by atoms with E-state index in [1.54, 1.807) is 37.4 Å².